The largest absolute Gasteiger partial charge is 0.439 e. The quantitative estimate of drug-likeness (QED) is 0.835. The van der Waals surface area contributed by atoms with Crippen molar-refractivity contribution in [3.05, 3.63) is 41.7 Å². The molecule has 0 spiro atoms. The van der Waals surface area contributed by atoms with Gasteiger partial charge in [0.1, 0.15) is 17.9 Å². The molecule has 0 saturated carbocycles. The second-order valence-corrected chi connectivity index (χ2v) is 3.60. The molecular formula is C12H13N3O. The molecule has 2 N–H and O–H groups in total. The topological polar surface area (TPSA) is 61.0 Å². The molecule has 1 aromatic heterocycles. The summed E-state index contributed by atoms with van der Waals surface area (Å²) in [5, 5.41) is 0. The molecule has 0 bridgehead atoms. The standard InChI is InChI=1S/C12H13N3O/c1-8-3-5-10(6-4-8)16-12-9(2)11(13)14-7-15-12/h3-7H,1-2H3,(H2,13,14,15). The number of nitrogens with two attached hydrogens (primary N) is 1. The van der Waals surface area contributed by atoms with Gasteiger partial charge in [0.25, 0.3) is 0 Å². The fraction of sp³-hybridized carbons (Fsp3) is 0.167. The predicted octanol–water partition coefficient (Wildman–Crippen LogP) is 2.47. The monoisotopic (exact) mass is 215 g/mol. The Kier molecular flexibility index (Phi) is 2.72. The third-order valence-electron chi connectivity index (χ3n) is 2.31. The molecule has 2 rings (SSSR count). The zero-order valence-electron chi connectivity index (χ0n) is 9.27. The summed E-state index contributed by atoms with van der Waals surface area (Å²) in [6.45, 7) is 3.86. The van der Waals surface area contributed by atoms with Gasteiger partial charge >= 0.3 is 0 Å². The third kappa shape index (κ3) is 2.11. The summed E-state index contributed by atoms with van der Waals surface area (Å²) in [6.07, 6.45) is 1.39. The van der Waals surface area contributed by atoms with Gasteiger partial charge in [-0.1, -0.05) is 17.7 Å². The Balaban J connectivity index is 2.27. The molecule has 0 amide bonds. The Bertz CT molecular complexity index is 494. The van der Waals surface area contributed by atoms with E-state index < -0.39 is 0 Å². The van der Waals surface area contributed by atoms with Gasteiger partial charge in [0.15, 0.2) is 0 Å². The molecule has 16 heavy (non-hydrogen) atoms. The van der Waals surface area contributed by atoms with Crippen LogP contribution in [-0.2, 0) is 0 Å². The van der Waals surface area contributed by atoms with Gasteiger partial charge in [-0.2, -0.15) is 0 Å². The maximum atomic E-state index is 5.67. The molecule has 0 aliphatic heterocycles. The van der Waals surface area contributed by atoms with Crippen molar-refractivity contribution in [3.63, 3.8) is 0 Å². The fourth-order valence-electron chi connectivity index (χ4n) is 1.27. The normalized spacial score (nSPS) is 10.1. The van der Waals surface area contributed by atoms with Crippen molar-refractivity contribution in [3.8, 4) is 11.6 Å². The van der Waals surface area contributed by atoms with Crippen LogP contribution in [0.5, 0.6) is 11.6 Å². The summed E-state index contributed by atoms with van der Waals surface area (Å²) in [5.41, 5.74) is 7.61. The Morgan fingerprint density at radius 3 is 2.44 bits per heavy atom. The number of hydrogen-bond acceptors (Lipinski definition) is 4. The van der Waals surface area contributed by atoms with Gasteiger partial charge < -0.3 is 10.5 Å². The molecule has 2 aromatic rings. The number of aryl methyl sites for hydroxylation is 1. The Hall–Kier alpha value is -2.10. The lowest BCUT2D eigenvalue weighted by Crippen LogP contribution is -1.98. The van der Waals surface area contributed by atoms with Crippen molar-refractivity contribution in [1.29, 1.82) is 0 Å². The van der Waals surface area contributed by atoms with Crippen molar-refractivity contribution in [2.45, 2.75) is 13.8 Å². The highest BCUT2D eigenvalue weighted by Gasteiger charge is 2.06. The second kappa shape index (κ2) is 4.18. The van der Waals surface area contributed by atoms with Crippen LogP contribution in [0.15, 0.2) is 30.6 Å². The molecule has 0 radical (unpaired) electrons. The zero-order valence-corrected chi connectivity index (χ0v) is 9.27. The van der Waals surface area contributed by atoms with E-state index in [1.165, 1.54) is 11.9 Å². The number of nitrogens with zero attached hydrogens (tertiary/aromatic N) is 2. The summed E-state index contributed by atoms with van der Waals surface area (Å²) in [7, 11) is 0. The Morgan fingerprint density at radius 2 is 1.75 bits per heavy atom. The first-order chi connectivity index (χ1) is 7.66. The Morgan fingerprint density at radius 1 is 1.06 bits per heavy atom. The Labute approximate surface area is 94.1 Å². The van der Waals surface area contributed by atoms with Crippen molar-refractivity contribution >= 4 is 5.82 Å². The fourth-order valence-corrected chi connectivity index (χ4v) is 1.27. The van der Waals surface area contributed by atoms with E-state index in [-0.39, 0.29) is 0 Å². The van der Waals surface area contributed by atoms with Crippen LogP contribution in [0.2, 0.25) is 0 Å². The van der Waals surface area contributed by atoms with E-state index in [1.54, 1.807) is 0 Å². The highest BCUT2D eigenvalue weighted by Crippen LogP contribution is 2.24. The van der Waals surface area contributed by atoms with Crippen molar-refractivity contribution < 1.29 is 4.74 Å². The number of rotatable bonds is 2. The minimum atomic E-state index is 0.442. The van der Waals surface area contributed by atoms with E-state index in [0.717, 1.165) is 11.3 Å². The van der Waals surface area contributed by atoms with Gasteiger partial charge in [-0.25, -0.2) is 9.97 Å². The van der Waals surface area contributed by atoms with Crippen LogP contribution in [0.3, 0.4) is 0 Å². The predicted molar refractivity (Wildman–Crippen MR) is 62.4 cm³/mol. The first kappa shape index (κ1) is 10.4. The molecule has 0 saturated heterocycles. The van der Waals surface area contributed by atoms with Gasteiger partial charge in [0, 0.05) is 0 Å². The van der Waals surface area contributed by atoms with E-state index in [1.807, 2.05) is 38.1 Å². The smallest absolute Gasteiger partial charge is 0.227 e. The summed E-state index contributed by atoms with van der Waals surface area (Å²) in [6, 6.07) is 7.75. The molecule has 4 nitrogen and oxygen atoms in total. The minimum Gasteiger partial charge on any atom is -0.439 e. The van der Waals surface area contributed by atoms with E-state index in [9.17, 15) is 0 Å². The maximum Gasteiger partial charge on any atom is 0.227 e. The number of nitrogen functional groups attached to an aromatic ring is 1. The molecular weight excluding hydrogens is 202 g/mol. The summed E-state index contributed by atoms with van der Waals surface area (Å²) in [4.78, 5) is 7.93. The van der Waals surface area contributed by atoms with Gasteiger partial charge in [-0.3, -0.25) is 0 Å². The van der Waals surface area contributed by atoms with Gasteiger partial charge in [-0.15, -0.1) is 0 Å². The lowest BCUT2D eigenvalue weighted by molar-refractivity contribution is 0.458. The van der Waals surface area contributed by atoms with Crippen molar-refractivity contribution in [1.82, 2.24) is 9.97 Å². The van der Waals surface area contributed by atoms with E-state index in [0.29, 0.717) is 11.7 Å². The van der Waals surface area contributed by atoms with E-state index in [2.05, 4.69) is 9.97 Å². The first-order valence-corrected chi connectivity index (χ1v) is 4.98. The summed E-state index contributed by atoms with van der Waals surface area (Å²) < 4.78 is 5.61. The van der Waals surface area contributed by atoms with Crippen LogP contribution >= 0.6 is 0 Å². The number of aromatic nitrogens is 2. The van der Waals surface area contributed by atoms with Gasteiger partial charge in [-0.05, 0) is 26.0 Å². The van der Waals surface area contributed by atoms with E-state index >= 15 is 0 Å². The third-order valence-corrected chi connectivity index (χ3v) is 2.31. The van der Waals surface area contributed by atoms with Crippen LogP contribution in [0.25, 0.3) is 0 Å². The molecule has 0 aliphatic carbocycles. The highest BCUT2D eigenvalue weighted by atomic mass is 16.5. The van der Waals surface area contributed by atoms with E-state index in [4.69, 9.17) is 10.5 Å². The lowest BCUT2D eigenvalue weighted by atomic mass is 10.2. The number of ether oxygens (including phenoxy) is 1. The SMILES string of the molecule is Cc1ccc(Oc2ncnc(N)c2C)cc1. The van der Waals surface area contributed by atoms with Crippen molar-refractivity contribution in [2.24, 2.45) is 0 Å². The number of anilines is 1. The second-order valence-electron chi connectivity index (χ2n) is 3.60. The summed E-state index contributed by atoms with van der Waals surface area (Å²) >= 11 is 0. The lowest BCUT2D eigenvalue weighted by Gasteiger charge is -2.08. The molecule has 1 heterocycles. The maximum absolute atomic E-state index is 5.67. The minimum absolute atomic E-state index is 0.442. The molecule has 0 aliphatic rings. The zero-order chi connectivity index (χ0) is 11.5. The summed E-state index contributed by atoms with van der Waals surface area (Å²) in [5.74, 6) is 1.68. The van der Waals surface area contributed by atoms with Gasteiger partial charge in [0.05, 0.1) is 5.56 Å². The molecule has 1 aromatic carbocycles. The highest BCUT2D eigenvalue weighted by molar-refractivity contribution is 5.44. The molecule has 0 fully saturated rings. The average Bonchev–Trinajstić information content (AvgIpc) is 2.28. The van der Waals surface area contributed by atoms with Crippen LogP contribution in [-0.4, -0.2) is 9.97 Å². The number of benzene rings is 1. The van der Waals surface area contributed by atoms with Gasteiger partial charge in [0.2, 0.25) is 5.88 Å². The molecule has 0 unspecified atom stereocenters. The number of hydrogen-bond donors (Lipinski definition) is 1. The van der Waals surface area contributed by atoms with Crippen molar-refractivity contribution in [2.75, 3.05) is 5.73 Å². The molecule has 82 valence electrons. The van der Waals surface area contributed by atoms with Crippen LogP contribution in [0.4, 0.5) is 5.82 Å². The first-order valence-electron chi connectivity index (χ1n) is 4.98. The van der Waals surface area contributed by atoms with Crippen LogP contribution in [0.1, 0.15) is 11.1 Å². The van der Waals surface area contributed by atoms with Crippen LogP contribution in [0, 0.1) is 13.8 Å². The average molecular weight is 215 g/mol. The molecule has 0 atom stereocenters. The van der Waals surface area contributed by atoms with Crippen LogP contribution < -0.4 is 10.5 Å². The molecule has 4 heteroatoms.